The summed E-state index contributed by atoms with van der Waals surface area (Å²) in [5.41, 5.74) is 5.27. The van der Waals surface area contributed by atoms with Crippen LogP contribution in [-0.2, 0) is 19.4 Å². The number of hydrogen-bond donors (Lipinski definition) is 0. The molecule has 0 aliphatic rings. The Kier molecular flexibility index (Phi) is 7.94. The number of benzene rings is 3. The van der Waals surface area contributed by atoms with Crippen molar-refractivity contribution in [3.8, 4) is 17.2 Å². The molecule has 4 rings (SSSR count). The van der Waals surface area contributed by atoms with Crippen LogP contribution in [0.15, 0.2) is 84.0 Å². The number of unbranched alkanes of at least 4 members (excludes halogenated alkanes) is 1. The Bertz CT molecular complexity index is 1210. The van der Waals surface area contributed by atoms with Gasteiger partial charge in [0.25, 0.3) is 0 Å². The Morgan fingerprint density at radius 2 is 1.61 bits per heavy atom. The molecule has 4 aromatic rings. The van der Waals surface area contributed by atoms with Gasteiger partial charge in [0, 0.05) is 12.2 Å². The number of thioether (sulfide) groups is 1. The van der Waals surface area contributed by atoms with Crippen molar-refractivity contribution in [3.63, 3.8) is 0 Å². The summed E-state index contributed by atoms with van der Waals surface area (Å²) in [6.07, 6.45) is 4.19. The summed E-state index contributed by atoms with van der Waals surface area (Å²) in [7, 11) is 0. The molecule has 0 saturated heterocycles. The zero-order valence-corrected chi connectivity index (χ0v) is 19.8. The number of nitrogens with zero attached hydrogens (tertiary/aromatic N) is 4. The average Bonchev–Trinajstić information content (AvgIpc) is 3.25. The second-order valence-electron chi connectivity index (χ2n) is 8.03. The van der Waals surface area contributed by atoms with Crippen molar-refractivity contribution in [2.24, 2.45) is 0 Å². The molecule has 0 atom stereocenters. The quantitative estimate of drug-likeness (QED) is 0.256. The fourth-order valence-corrected chi connectivity index (χ4v) is 4.76. The molecule has 0 fully saturated rings. The first-order valence-corrected chi connectivity index (χ1v) is 12.4. The van der Waals surface area contributed by atoms with E-state index in [-0.39, 0.29) is 0 Å². The molecule has 33 heavy (non-hydrogen) atoms. The molecule has 0 N–H and O–H groups in total. The van der Waals surface area contributed by atoms with Gasteiger partial charge < -0.3 is 4.57 Å². The van der Waals surface area contributed by atoms with Crippen molar-refractivity contribution < 1.29 is 0 Å². The third-order valence-electron chi connectivity index (χ3n) is 5.67. The Labute approximate surface area is 200 Å². The highest BCUT2D eigenvalue weighted by molar-refractivity contribution is 7.99. The highest BCUT2D eigenvalue weighted by Crippen LogP contribution is 2.25. The molecule has 0 spiro atoms. The highest BCUT2D eigenvalue weighted by atomic mass is 32.2. The molecule has 5 heteroatoms. The molecular formula is C28H28N4S. The van der Waals surface area contributed by atoms with Gasteiger partial charge in [-0.15, -0.1) is 10.2 Å². The first kappa shape index (κ1) is 22.8. The van der Waals surface area contributed by atoms with Crippen LogP contribution in [0.1, 0.15) is 42.3 Å². The summed E-state index contributed by atoms with van der Waals surface area (Å²) >= 11 is 1.77. The molecule has 1 aromatic heterocycles. The molecule has 0 unspecified atom stereocenters. The van der Waals surface area contributed by atoms with E-state index in [2.05, 4.69) is 82.4 Å². The van der Waals surface area contributed by atoms with Crippen molar-refractivity contribution in [2.75, 3.05) is 5.75 Å². The van der Waals surface area contributed by atoms with Gasteiger partial charge in [-0.1, -0.05) is 97.9 Å². The third kappa shape index (κ3) is 5.91. The topological polar surface area (TPSA) is 54.5 Å². The number of aryl methyl sites for hydroxylation is 2. The van der Waals surface area contributed by atoms with E-state index in [0.717, 1.165) is 60.1 Å². The predicted octanol–water partition coefficient (Wildman–Crippen LogP) is 6.54. The van der Waals surface area contributed by atoms with E-state index >= 15 is 0 Å². The minimum Gasteiger partial charge on any atom is -0.302 e. The van der Waals surface area contributed by atoms with Crippen molar-refractivity contribution in [2.45, 2.75) is 44.3 Å². The van der Waals surface area contributed by atoms with E-state index < -0.39 is 0 Å². The van der Waals surface area contributed by atoms with E-state index in [1.807, 2.05) is 24.3 Å². The Morgan fingerprint density at radius 3 is 2.36 bits per heavy atom. The fourth-order valence-electron chi connectivity index (χ4n) is 3.81. The van der Waals surface area contributed by atoms with E-state index in [4.69, 9.17) is 0 Å². The lowest BCUT2D eigenvalue weighted by Crippen LogP contribution is -2.07. The van der Waals surface area contributed by atoms with Crippen LogP contribution in [0.4, 0.5) is 0 Å². The standard InChI is InChI=1S/C28H28N4S/c1-2-3-13-27-30-31-28(33-19-18-22-9-5-4-6-10-22)32(27)21-23-14-16-24(17-15-23)26-12-8-7-11-25(26)20-29/h4-12,14-17H,2-3,13,18-19,21H2,1H3. The van der Waals surface area contributed by atoms with Crippen molar-refractivity contribution in [3.05, 3.63) is 101 Å². The fraction of sp³-hybridized carbons (Fsp3) is 0.250. The maximum Gasteiger partial charge on any atom is 0.191 e. The second-order valence-corrected chi connectivity index (χ2v) is 9.09. The van der Waals surface area contributed by atoms with Crippen LogP contribution < -0.4 is 0 Å². The Balaban J connectivity index is 1.50. The van der Waals surface area contributed by atoms with Crippen LogP contribution in [0.2, 0.25) is 0 Å². The van der Waals surface area contributed by atoms with Crippen LogP contribution in [0, 0.1) is 11.3 Å². The van der Waals surface area contributed by atoms with E-state index in [1.165, 1.54) is 11.1 Å². The molecule has 0 radical (unpaired) electrons. The normalized spacial score (nSPS) is 10.8. The summed E-state index contributed by atoms with van der Waals surface area (Å²) in [5, 5.41) is 19.4. The number of hydrogen-bond acceptors (Lipinski definition) is 4. The minimum atomic E-state index is 0.697. The van der Waals surface area contributed by atoms with Crippen molar-refractivity contribution >= 4 is 11.8 Å². The first-order chi connectivity index (χ1) is 16.3. The summed E-state index contributed by atoms with van der Waals surface area (Å²) in [6.45, 7) is 2.95. The van der Waals surface area contributed by atoms with E-state index in [0.29, 0.717) is 5.56 Å². The maximum atomic E-state index is 9.41. The number of nitriles is 1. The van der Waals surface area contributed by atoms with Gasteiger partial charge in [-0.3, -0.25) is 0 Å². The molecule has 166 valence electrons. The third-order valence-corrected chi connectivity index (χ3v) is 6.63. The predicted molar refractivity (Wildman–Crippen MR) is 135 cm³/mol. The van der Waals surface area contributed by atoms with Crippen LogP contribution in [0.3, 0.4) is 0 Å². The monoisotopic (exact) mass is 452 g/mol. The molecule has 3 aromatic carbocycles. The van der Waals surface area contributed by atoms with E-state index in [1.54, 1.807) is 11.8 Å². The van der Waals surface area contributed by atoms with Crippen molar-refractivity contribution in [1.29, 1.82) is 5.26 Å². The average molecular weight is 453 g/mol. The van der Waals surface area contributed by atoms with Gasteiger partial charge in [0.15, 0.2) is 5.16 Å². The molecule has 1 heterocycles. The number of aromatic nitrogens is 3. The van der Waals surface area contributed by atoms with E-state index in [9.17, 15) is 5.26 Å². The highest BCUT2D eigenvalue weighted by Gasteiger charge is 2.13. The Morgan fingerprint density at radius 1 is 0.848 bits per heavy atom. The van der Waals surface area contributed by atoms with Crippen LogP contribution in [0.25, 0.3) is 11.1 Å². The minimum absolute atomic E-state index is 0.697. The van der Waals surface area contributed by atoms with Gasteiger partial charge in [-0.05, 0) is 41.2 Å². The first-order valence-electron chi connectivity index (χ1n) is 11.5. The molecule has 0 aliphatic carbocycles. The van der Waals surface area contributed by atoms with Crippen LogP contribution >= 0.6 is 11.8 Å². The largest absolute Gasteiger partial charge is 0.302 e. The summed E-state index contributed by atoms with van der Waals surface area (Å²) in [6, 6.07) is 29.1. The van der Waals surface area contributed by atoms with Crippen LogP contribution in [0.5, 0.6) is 0 Å². The van der Waals surface area contributed by atoms with Gasteiger partial charge in [0.2, 0.25) is 0 Å². The Hall–Kier alpha value is -3.36. The zero-order chi connectivity index (χ0) is 22.9. The maximum absolute atomic E-state index is 9.41. The molecule has 0 saturated carbocycles. The van der Waals surface area contributed by atoms with Gasteiger partial charge in [0.1, 0.15) is 5.82 Å². The number of rotatable bonds is 10. The zero-order valence-electron chi connectivity index (χ0n) is 18.9. The molecule has 0 amide bonds. The smallest absolute Gasteiger partial charge is 0.191 e. The summed E-state index contributed by atoms with van der Waals surface area (Å²) < 4.78 is 2.27. The molecule has 0 bridgehead atoms. The lowest BCUT2D eigenvalue weighted by atomic mass is 9.99. The van der Waals surface area contributed by atoms with Gasteiger partial charge in [0.05, 0.1) is 18.2 Å². The lowest BCUT2D eigenvalue weighted by Gasteiger charge is -2.11. The van der Waals surface area contributed by atoms with Gasteiger partial charge in [-0.2, -0.15) is 5.26 Å². The lowest BCUT2D eigenvalue weighted by molar-refractivity contribution is 0.642. The SMILES string of the molecule is CCCCc1nnc(SCCc2ccccc2)n1Cc1ccc(-c2ccccc2C#N)cc1. The van der Waals surface area contributed by atoms with Crippen molar-refractivity contribution in [1.82, 2.24) is 14.8 Å². The molecular weight excluding hydrogens is 424 g/mol. The van der Waals surface area contributed by atoms with Crippen LogP contribution in [-0.4, -0.2) is 20.5 Å². The molecule has 0 aliphatic heterocycles. The van der Waals surface area contributed by atoms with Gasteiger partial charge in [-0.25, -0.2) is 0 Å². The molecule has 4 nitrogen and oxygen atoms in total. The second kappa shape index (κ2) is 11.5. The van der Waals surface area contributed by atoms with Gasteiger partial charge >= 0.3 is 0 Å². The summed E-state index contributed by atoms with van der Waals surface area (Å²) in [4.78, 5) is 0. The summed E-state index contributed by atoms with van der Waals surface area (Å²) in [5.74, 6) is 2.03.